The Balaban J connectivity index is 3.19. The third-order valence-corrected chi connectivity index (χ3v) is 3.93. The molecule has 4 nitrogen and oxygen atoms in total. The topological polar surface area (TPSA) is 63.4 Å². The summed E-state index contributed by atoms with van der Waals surface area (Å²) in [5.41, 5.74) is 7.40. The van der Waals surface area contributed by atoms with Crippen molar-refractivity contribution in [3.63, 3.8) is 0 Å². The number of benzene rings is 1. The quantitative estimate of drug-likeness (QED) is 0.834. The first kappa shape index (κ1) is 14.8. The summed E-state index contributed by atoms with van der Waals surface area (Å²) in [7, 11) is -3.20. The minimum Gasteiger partial charge on any atom is -0.397 e. The standard InChI is InChI=1S/C13H22N2O2S/c1-5-8-15(10(2)3)13-7-6-11(9-12(13)14)18(4,16)17/h6-7,9-10H,5,8,14H2,1-4H3. The Kier molecular flexibility index (Phi) is 4.62. The Hall–Kier alpha value is -1.23. The molecule has 1 rings (SSSR count). The van der Waals surface area contributed by atoms with Crippen molar-refractivity contribution < 1.29 is 8.42 Å². The van der Waals surface area contributed by atoms with E-state index in [0.29, 0.717) is 11.7 Å². The van der Waals surface area contributed by atoms with Crippen LogP contribution in [0.4, 0.5) is 11.4 Å². The highest BCUT2D eigenvalue weighted by molar-refractivity contribution is 7.90. The molecule has 0 aliphatic heterocycles. The summed E-state index contributed by atoms with van der Waals surface area (Å²) in [6.45, 7) is 7.20. The van der Waals surface area contributed by atoms with E-state index in [-0.39, 0.29) is 4.90 Å². The van der Waals surface area contributed by atoms with Crippen LogP contribution in [0, 0.1) is 0 Å². The predicted octanol–water partition coefficient (Wildman–Crippen LogP) is 2.30. The summed E-state index contributed by atoms with van der Waals surface area (Å²) in [6.07, 6.45) is 2.21. The minimum absolute atomic E-state index is 0.268. The molecule has 18 heavy (non-hydrogen) atoms. The molecule has 0 fully saturated rings. The molecule has 5 heteroatoms. The maximum Gasteiger partial charge on any atom is 0.175 e. The minimum atomic E-state index is -3.20. The van der Waals surface area contributed by atoms with Gasteiger partial charge in [0.1, 0.15) is 0 Å². The van der Waals surface area contributed by atoms with Crippen molar-refractivity contribution in [2.24, 2.45) is 0 Å². The van der Waals surface area contributed by atoms with E-state index < -0.39 is 9.84 Å². The monoisotopic (exact) mass is 270 g/mol. The summed E-state index contributed by atoms with van der Waals surface area (Å²) in [4.78, 5) is 2.45. The van der Waals surface area contributed by atoms with Crippen LogP contribution in [0.1, 0.15) is 27.2 Å². The van der Waals surface area contributed by atoms with Gasteiger partial charge in [-0.2, -0.15) is 0 Å². The fraction of sp³-hybridized carbons (Fsp3) is 0.538. The molecule has 0 aliphatic rings. The molecular weight excluding hydrogens is 248 g/mol. The van der Waals surface area contributed by atoms with E-state index >= 15 is 0 Å². The number of nitrogen functional groups attached to an aromatic ring is 1. The molecule has 0 bridgehead atoms. The summed E-state index contributed by atoms with van der Waals surface area (Å²) >= 11 is 0. The highest BCUT2D eigenvalue weighted by atomic mass is 32.2. The van der Waals surface area contributed by atoms with Crippen molar-refractivity contribution in [1.82, 2.24) is 0 Å². The maximum atomic E-state index is 11.5. The van der Waals surface area contributed by atoms with E-state index in [4.69, 9.17) is 5.73 Å². The molecule has 0 aliphatic carbocycles. The second-order valence-corrected chi connectivity index (χ2v) is 6.80. The van der Waals surface area contributed by atoms with Crippen LogP contribution in [0.3, 0.4) is 0 Å². The first-order valence-corrected chi connectivity index (χ1v) is 8.02. The van der Waals surface area contributed by atoms with Crippen molar-refractivity contribution in [2.45, 2.75) is 38.1 Å². The Bertz CT molecular complexity index is 510. The van der Waals surface area contributed by atoms with Gasteiger partial charge in [0.15, 0.2) is 9.84 Å². The van der Waals surface area contributed by atoms with Gasteiger partial charge in [-0.15, -0.1) is 0 Å². The summed E-state index contributed by atoms with van der Waals surface area (Å²) < 4.78 is 22.9. The van der Waals surface area contributed by atoms with Crippen LogP contribution in [0.2, 0.25) is 0 Å². The number of rotatable bonds is 5. The molecule has 0 saturated heterocycles. The van der Waals surface area contributed by atoms with Crippen molar-refractivity contribution in [3.05, 3.63) is 18.2 Å². The average molecular weight is 270 g/mol. The zero-order chi connectivity index (χ0) is 13.9. The fourth-order valence-electron chi connectivity index (χ4n) is 1.92. The van der Waals surface area contributed by atoms with Crippen molar-refractivity contribution >= 4 is 21.2 Å². The molecule has 0 unspecified atom stereocenters. The lowest BCUT2D eigenvalue weighted by Gasteiger charge is -2.30. The van der Waals surface area contributed by atoms with Gasteiger partial charge in [-0.25, -0.2) is 8.42 Å². The number of hydrogen-bond donors (Lipinski definition) is 1. The van der Waals surface area contributed by atoms with E-state index in [2.05, 4.69) is 25.7 Å². The normalized spacial score (nSPS) is 11.8. The third kappa shape index (κ3) is 3.38. The maximum absolute atomic E-state index is 11.5. The van der Waals surface area contributed by atoms with E-state index in [9.17, 15) is 8.42 Å². The number of nitrogens with zero attached hydrogens (tertiary/aromatic N) is 1. The lowest BCUT2D eigenvalue weighted by molar-refractivity contribution is 0.602. The van der Waals surface area contributed by atoms with Gasteiger partial charge in [0, 0.05) is 18.8 Å². The van der Waals surface area contributed by atoms with Gasteiger partial charge in [0.05, 0.1) is 16.3 Å². The molecule has 2 N–H and O–H groups in total. The fourth-order valence-corrected chi connectivity index (χ4v) is 2.58. The first-order valence-electron chi connectivity index (χ1n) is 6.13. The number of anilines is 2. The molecule has 0 atom stereocenters. The van der Waals surface area contributed by atoms with Gasteiger partial charge < -0.3 is 10.6 Å². The molecule has 0 heterocycles. The highest BCUT2D eigenvalue weighted by Gasteiger charge is 2.15. The van der Waals surface area contributed by atoms with Crippen LogP contribution in [0.15, 0.2) is 23.1 Å². The van der Waals surface area contributed by atoms with E-state index in [1.165, 1.54) is 12.3 Å². The van der Waals surface area contributed by atoms with Crippen LogP contribution >= 0.6 is 0 Å². The predicted molar refractivity (Wildman–Crippen MR) is 76.7 cm³/mol. The SMILES string of the molecule is CCCN(c1ccc(S(C)(=O)=O)cc1N)C(C)C. The average Bonchev–Trinajstić information content (AvgIpc) is 2.24. The largest absolute Gasteiger partial charge is 0.397 e. The molecule has 0 saturated carbocycles. The van der Waals surface area contributed by atoms with Crippen molar-refractivity contribution in [3.8, 4) is 0 Å². The Morgan fingerprint density at radius 3 is 2.33 bits per heavy atom. The zero-order valence-corrected chi connectivity index (χ0v) is 12.3. The number of nitrogens with two attached hydrogens (primary N) is 1. The van der Waals surface area contributed by atoms with Gasteiger partial charge in [-0.1, -0.05) is 6.92 Å². The van der Waals surface area contributed by atoms with Crippen LogP contribution in [0.5, 0.6) is 0 Å². The molecular formula is C13H22N2O2S. The zero-order valence-electron chi connectivity index (χ0n) is 11.5. The summed E-state index contributed by atoms with van der Waals surface area (Å²) in [5.74, 6) is 0. The molecule has 102 valence electrons. The van der Waals surface area contributed by atoms with Gasteiger partial charge in [0.25, 0.3) is 0 Å². The second kappa shape index (κ2) is 5.61. The van der Waals surface area contributed by atoms with Gasteiger partial charge in [0.2, 0.25) is 0 Å². The van der Waals surface area contributed by atoms with E-state index in [1.807, 2.05) is 0 Å². The van der Waals surface area contributed by atoms with E-state index in [0.717, 1.165) is 18.7 Å². The molecule has 0 amide bonds. The molecule has 1 aromatic carbocycles. The third-order valence-electron chi connectivity index (χ3n) is 2.82. The lowest BCUT2D eigenvalue weighted by atomic mass is 10.2. The van der Waals surface area contributed by atoms with Gasteiger partial charge in [-0.3, -0.25) is 0 Å². The van der Waals surface area contributed by atoms with Gasteiger partial charge in [-0.05, 0) is 38.5 Å². The van der Waals surface area contributed by atoms with Crippen molar-refractivity contribution in [2.75, 3.05) is 23.4 Å². The first-order chi connectivity index (χ1) is 8.27. The second-order valence-electron chi connectivity index (χ2n) is 4.78. The molecule has 0 radical (unpaired) electrons. The van der Waals surface area contributed by atoms with Crippen LogP contribution in [-0.4, -0.2) is 27.3 Å². The Morgan fingerprint density at radius 1 is 1.33 bits per heavy atom. The Labute approximate surface area is 110 Å². The van der Waals surface area contributed by atoms with Gasteiger partial charge >= 0.3 is 0 Å². The molecule has 1 aromatic rings. The smallest absolute Gasteiger partial charge is 0.175 e. The van der Waals surface area contributed by atoms with Crippen LogP contribution < -0.4 is 10.6 Å². The van der Waals surface area contributed by atoms with Crippen LogP contribution in [0.25, 0.3) is 0 Å². The van der Waals surface area contributed by atoms with E-state index in [1.54, 1.807) is 12.1 Å². The Morgan fingerprint density at radius 2 is 1.94 bits per heavy atom. The lowest BCUT2D eigenvalue weighted by Crippen LogP contribution is -2.32. The highest BCUT2D eigenvalue weighted by Crippen LogP contribution is 2.27. The number of sulfone groups is 1. The summed E-state index contributed by atoms with van der Waals surface area (Å²) in [6, 6.07) is 5.28. The van der Waals surface area contributed by atoms with Crippen LogP contribution in [-0.2, 0) is 9.84 Å². The molecule has 0 spiro atoms. The van der Waals surface area contributed by atoms with Crippen molar-refractivity contribution in [1.29, 1.82) is 0 Å². The summed E-state index contributed by atoms with van der Waals surface area (Å²) in [5, 5.41) is 0. The molecule has 0 aromatic heterocycles. The number of hydrogen-bond acceptors (Lipinski definition) is 4.